The number of nitrogens with two attached hydrogens (primary N) is 1. The number of benzene rings is 1. The first-order chi connectivity index (χ1) is 9.45. The molecule has 1 unspecified atom stereocenters. The van der Waals surface area contributed by atoms with Gasteiger partial charge in [-0.3, -0.25) is 4.79 Å². The number of nitrogen functional groups attached to an aromatic ring is 1. The summed E-state index contributed by atoms with van der Waals surface area (Å²) < 4.78 is 9.85. The number of nitrogens with one attached hydrogen (secondary N) is 1. The van der Waals surface area contributed by atoms with E-state index < -0.39 is 5.97 Å². The molecule has 110 valence electrons. The lowest BCUT2D eigenvalue weighted by molar-refractivity contribution is -0.125. The van der Waals surface area contributed by atoms with Crippen LogP contribution >= 0.6 is 0 Å². The Morgan fingerprint density at radius 1 is 1.40 bits per heavy atom. The molecule has 0 radical (unpaired) electrons. The molecule has 1 atom stereocenters. The maximum absolute atomic E-state index is 11.9. The number of ether oxygens (including phenoxy) is 2. The number of hydrogen-bond acceptors (Lipinski definition) is 5. The van der Waals surface area contributed by atoms with Crippen LogP contribution in [0.1, 0.15) is 22.8 Å². The van der Waals surface area contributed by atoms with Gasteiger partial charge in [-0.15, -0.1) is 0 Å². The topological polar surface area (TPSA) is 90.6 Å². The maximum atomic E-state index is 11.9. The van der Waals surface area contributed by atoms with E-state index in [2.05, 4.69) is 5.32 Å². The van der Waals surface area contributed by atoms with Crippen molar-refractivity contribution in [1.82, 2.24) is 5.32 Å². The summed E-state index contributed by atoms with van der Waals surface area (Å²) in [5.41, 5.74) is 7.08. The Morgan fingerprint density at radius 2 is 2.10 bits per heavy atom. The van der Waals surface area contributed by atoms with E-state index in [1.165, 1.54) is 0 Å². The lowest BCUT2D eigenvalue weighted by Gasteiger charge is -2.13. The largest absolute Gasteiger partial charge is 0.452 e. The zero-order valence-electron chi connectivity index (χ0n) is 11.9. The molecular weight excluding hydrogens is 260 g/mol. The van der Waals surface area contributed by atoms with Crippen molar-refractivity contribution in [3.05, 3.63) is 29.3 Å². The van der Waals surface area contributed by atoms with Gasteiger partial charge in [0.05, 0.1) is 12.2 Å². The third kappa shape index (κ3) is 4.55. The van der Waals surface area contributed by atoms with E-state index >= 15 is 0 Å². The van der Waals surface area contributed by atoms with Crippen molar-refractivity contribution >= 4 is 17.6 Å². The molecule has 0 bridgehead atoms. The average Bonchev–Trinajstić information content (AvgIpc) is 2.36. The van der Waals surface area contributed by atoms with E-state index in [4.69, 9.17) is 15.2 Å². The quantitative estimate of drug-likeness (QED) is 0.596. The maximum Gasteiger partial charge on any atom is 0.341 e. The van der Waals surface area contributed by atoms with Gasteiger partial charge in [-0.25, -0.2) is 4.79 Å². The van der Waals surface area contributed by atoms with Crippen molar-refractivity contribution < 1.29 is 19.1 Å². The second-order valence-electron chi connectivity index (χ2n) is 4.54. The average molecular weight is 280 g/mol. The lowest BCUT2D eigenvalue weighted by atomic mass is 10.1. The Kier molecular flexibility index (Phi) is 5.99. The number of anilines is 1. The Balaban J connectivity index is 2.53. The molecular formula is C14H20N2O4. The van der Waals surface area contributed by atoms with E-state index in [1.54, 1.807) is 39.2 Å². The molecule has 0 aliphatic carbocycles. The van der Waals surface area contributed by atoms with E-state index in [0.29, 0.717) is 23.4 Å². The fraction of sp³-hybridized carbons (Fsp3) is 0.429. The number of methoxy groups -OCH3 is 1. The zero-order chi connectivity index (χ0) is 15.1. The van der Waals surface area contributed by atoms with Gasteiger partial charge < -0.3 is 20.5 Å². The molecule has 0 heterocycles. The van der Waals surface area contributed by atoms with Crippen molar-refractivity contribution in [2.24, 2.45) is 0 Å². The van der Waals surface area contributed by atoms with Crippen molar-refractivity contribution in [3.8, 4) is 0 Å². The predicted octanol–water partition coefficient (Wildman–Crippen LogP) is 0.885. The molecule has 1 rings (SSSR count). The van der Waals surface area contributed by atoms with Gasteiger partial charge in [-0.1, -0.05) is 12.1 Å². The van der Waals surface area contributed by atoms with E-state index in [9.17, 15) is 9.59 Å². The highest BCUT2D eigenvalue weighted by atomic mass is 16.5. The Morgan fingerprint density at radius 3 is 2.70 bits per heavy atom. The second kappa shape index (κ2) is 7.49. The standard InChI is InChI=1S/C14H20N2O4/c1-9-5-4-6-11(15)13(9)14(18)20-8-12(17)16-10(2)7-19-3/h4-6,10H,7-8,15H2,1-3H3,(H,16,17). The van der Waals surface area contributed by atoms with Crippen molar-refractivity contribution in [3.63, 3.8) is 0 Å². The number of amides is 1. The molecule has 6 heteroatoms. The number of aryl methyl sites for hydroxylation is 1. The molecule has 1 aromatic rings. The van der Waals surface area contributed by atoms with Crippen molar-refractivity contribution in [2.45, 2.75) is 19.9 Å². The van der Waals surface area contributed by atoms with Crippen LogP contribution < -0.4 is 11.1 Å². The Bertz CT molecular complexity index is 468. The molecule has 0 saturated carbocycles. The third-order valence-electron chi connectivity index (χ3n) is 2.67. The summed E-state index contributed by atoms with van der Waals surface area (Å²) in [6.45, 7) is 3.60. The molecule has 0 fully saturated rings. The van der Waals surface area contributed by atoms with Crippen LogP contribution in [0, 0.1) is 6.92 Å². The Hall–Kier alpha value is -2.08. The number of rotatable bonds is 6. The summed E-state index contributed by atoms with van der Waals surface area (Å²) >= 11 is 0. The van der Waals surface area contributed by atoms with Crippen LogP contribution in [0.4, 0.5) is 5.69 Å². The monoisotopic (exact) mass is 280 g/mol. The minimum absolute atomic E-state index is 0.144. The van der Waals surface area contributed by atoms with Gasteiger partial charge in [-0.05, 0) is 25.5 Å². The highest BCUT2D eigenvalue weighted by molar-refractivity contribution is 5.97. The van der Waals surface area contributed by atoms with Crippen LogP contribution in [0.5, 0.6) is 0 Å². The molecule has 0 aliphatic rings. The summed E-state index contributed by atoms with van der Waals surface area (Å²) in [7, 11) is 1.55. The smallest absolute Gasteiger partial charge is 0.341 e. The van der Waals surface area contributed by atoms with E-state index in [-0.39, 0.29) is 18.6 Å². The van der Waals surface area contributed by atoms with Crippen LogP contribution in [0.25, 0.3) is 0 Å². The third-order valence-corrected chi connectivity index (χ3v) is 2.67. The first-order valence-corrected chi connectivity index (χ1v) is 6.26. The highest BCUT2D eigenvalue weighted by Gasteiger charge is 2.16. The SMILES string of the molecule is COCC(C)NC(=O)COC(=O)c1c(C)cccc1N. The van der Waals surface area contributed by atoms with Crippen LogP contribution in [-0.2, 0) is 14.3 Å². The summed E-state index contributed by atoms with van der Waals surface area (Å²) in [4.78, 5) is 23.5. The van der Waals surface area contributed by atoms with Crippen LogP contribution in [0.15, 0.2) is 18.2 Å². The van der Waals surface area contributed by atoms with Crippen LogP contribution in [-0.4, -0.2) is 38.2 Å². The van der Waals surface area contributed by atoms with Crippen LogP contribution in [0.2, 0.25) is 0 Å². The minimum Gasteiger partial charge on any atom is -0.452 e. The summed E-state index contributed by atoms with van der Waals surface area (Å²) in [6, 6.07) is 4.98. The van der Waals surface area contributed by atoms with Gasteiger partial charge in [0.25, 0.3) is 5.91 Å². The fourth-order valence-corrected chi connectivity index (χ4v) is 1.78. The highest BCUT2D eigenvalue weighted by Crippen LogP contribution is 2.17. The molecule has 1 aromatic carbocycles. The normalized spacial score (nSPS) is 11.8. The molecule has 3 N–H and O–H groups in total. The van der Waals surface area contributed by atoms with Gasteiger partial charge in [0, 0.05) is 18.8 Å². The molecule has 0 aliphatic heterocycles. The molecule has 0 saturated heterocycles. The Labute approximate surface area is 118 Å². The van der Waals surface area contributed by atoms with Crippen molar-refractivity contribution in [1.29, 1.82) is 0 Å². The van der Waals surface area contributed by atoms with Gasteiger partial charge in [0.2, 0.25) is 0 Å². The number of hydrogen-bond donors (Lipinski definition) is 2. The van der Waals surface area contributed by atoms with Gasteiger partial charge in [-0.2, -0.15) is 0 Å². The van der Waals surface area contributed by atoms with E-state index in [1.807, 2.05) is 0 Å². The number of esters is 1. The zero-order valence-corrected chi connectivity index (χ0v) is 11.9. The first-order valence-electron chi connectivity index (χ1n) is 6.26. The summed E-state index contributed by atoms with van der Waals surface area (Å²) in [5.74, 6) is -0.981. The summed E-state index contributed by atoms with van der Waals surface area (Å²) in [5, 5.41) is 2.64. The van der Waals surface area contributed by atoms with Crippen molar-refractivity contribution in [2.75, 3.05) is 26.1 Å². The second-order valence-corrected chi connectivity index (χ2v) is 4.54. The van der Waals surface area contributed by atoms with Gasteiger partial charge in [0.1, 0.15) is 0 Å². The molecule has 1 amide bonds. The lowest BCUT2D eigenvalue weighted by Crippen LogP contribution is -2.38. The summed E-state index contributed by atoms with van der Waals surface area (Å²) in [6.07, 6.45) is 0. The number of carbonyl (C=O) groups is 2. The van der Waals surface area contributed by atoms with Crippen LogP contribution in [0.3, 0.4) is 0 Å². The first kappa shape index (κ1) is 16.0. The fourth-order valence-electron chi connectivity index (χ4n) is 1.78. The minimum atomic E-state index is -0.602. The van der Waals surface area contributed by atoms with Gasteiger partial charge >= 0.3 is 5.97 Å². The molecule has 6 nitrogen and oxygen atoms in total. The van der Waals surface area contributed by atoms with Gasteiger partial charge in [0.15, 0.2) is 6.61 Å². The molecule has 0 aromatic heterocycles. The predicted molar refractivity (Wildman–Crippen MR) is 75.4 cm³/mol. The molecule has 20 heavy (non-hydrogen) atoms. The van der Waals surface area contributed by atoms with E-state index in [0.717, 1.165) is 0 Å². The molecule has 0 spiro atoms. The number of carbonyl (C=O) groups excluding carboxylic acids is 2.